The lowest BCUT2D eigenvalue weighted by atomic mass is 10.2. The molecular weight excluding hydrogens is 288 g/mol. The van der Waals surface area contributed by atoms with Crippen LogP contribution in [-0.4, -0.2) is 23.2 Å². The Labute approximate surface area is 98.4 Å². The van der Waals surface area contributed by atoms with Crippen LogP contribution in [-0.2, 0) is 11.2 Å². The molecule has 4 nitrogen and oxygen atoms in total. The zero-order valence-electron chi connectivity index (χ0n) is 8.21. The minimum Gasteiger partial charge on any atom is -0.495 e. The SMILES string of the molecule is COc1cc(C(F)F)nc(CC(=O)O)c1Br. The number of nitrogens with zero attached hydrogens (tertiary/aromatic N) is 1. The summed E-state index contributed by atoms with van der Waals surface area (Å²) < 4.78 is 30.0. The molecule has 0 spiro atoms. The number of carboxylic acid groups (broad SMARTS) is 1. The van der Waals surface area contributed by atoms with Crippen LogP contribution in [0.25, 0.3) is 0 Å². The maximum Gasteiger partial charge on any atom is 0.309 e. The molecule has 1 N–H and O–H groups in total. The molecule has 0 aliphatic rings. The molecular formula is C9H8BrF2NO3. The Morgan fingerprint density at radius 1 is 1.69 bits per heavy atom. The molecule has 0 unspecified atom stereocenters. The van der Waals surface area contributed by atoms with Gasteiger partial charge in [0.2, 0.25) is 0 Å². The number of aliphatic carboxylic acids is 1. The van der Waals surface area contributed by atoms with Gasteiger partial charge in [0.15, 0.2) is 0 Å². The lowest BCUT2D eigenvalue weighted by Gasteiger charge is -2.09. The molecule has 1 rings (SSSR count). The highest BCUT2D eigenvalue weighted by atomic mass is 79.9. The largest absolute Gasteiger partial charge is 0.495 e. The number of hydrogen-bond donors (Lipinski definition) is 1. The van der Waals surface area contributed by atoms with Crippen LogP contribution in [0.3, 0.4) is 0 Å². The van der Waals surface area contributed by atoms with E-state index in [1.807, 2.05) is 0 Å². The second-order valence-corrected chi connectivity index (χ2v) is 3.67. The van der Waals surface area contributed by atoms with Crippen molar-refractivity contribution in [2.45, 2.75) is 12.8 Å². The van der Waals surface area contributed by atoms with Gasteiger partial charge in [-0.2, -0.15) is 0 Å². The number of halogens is 3. The van der Waals surface area contributed by atoms with E-state index in [-0.39, 0.29) is 15.9 Å². The average molecular weight is 296 g/mol. The molecule has 16 heavy (non-hydrogen) atoms. The van der Waals surface area contributed by atoms with Crippen LogP contribution in [0.5, 0.6) is 5.75 Å². The fourth-order valence-corrected chi connectivity index (χ4v) is 1.60. The molecule has 0 fully saturated rings. The molecule has 0 radical (unpaired) electrons. The molecule has 0 aromatic carbocycles. The molecule has 0 aliphatic carbocycles. The number of hydrogen-bond acceptors (Lipinski definition) is 3. The second kappa shape index (κ2) is 5.20. The third kappa shape index (κ3) is 2.88. The predicted molar refractivity (Wildman–Crippen MR) is 54.8 cm³/mol. The van der Waals surface area contributed by atoms with Crippen molar-refractivity contribution in [1.29, 1.82) is 0 Å². The van der Waals surface area contributed by atoms with Crippen molar-refractivity contribution < 1.29 is 23.4 Å². The first-order valence-electron chi connectivity index (χ1n) is 4.19. The lowest BCUT2D eigenvalue weighted by Crippen LogP contribution is -2.06. The number of pyridine rings is 1. The van der Waals surface area contributed by atoms with Crippen LogP contribution >= 0.6 is 15.9 Å². The van der Waals surface area contributed by atoms with Crippen LogP contribution in [0.2, 0.25) is 0 Å². The first-order chi connectivity index (χ1) is 7.45. The smallest absolute Gasteiger partial charge is 0.309 e. The first-order valence-corrected chi connectivity index (χ1v) is 4.98. The molecule has 1 aromatic heterocycles. The van der Waals surface area contributed by atoms with Crippen molar-refractivity contribution in [2.75, 3.05) is 7.11 Å². The van der Waals surface area contributed by atoms with E-state index in [4.69, 9.17) is 9.84 Å². The zero-order chi connectivity index (χ0) is 12.3. The van der Waals surface area contributed by atoms with Crippen LogP contribution in [0, 0.1) is 0 Å². The summed E-state index contributed by atoms with van der Waals surface area (Å²) in [7, 11) is 1.31. The zero-order valence-corrected chi connectivity index (χ0v) is 9.79. The molecule has 88 valence electrons. The highest BCUT2D eigenvalue weighted by Crippen LogP contribution is 2.31. The van der Waals surface area contributed by atoms with Crippen LogP contribution in [0.1, 0.15) is 17.8 Å². The molecule has 1 heterocycles. The summed E-state index contributed by atoms with van der Waals surface area (Å²) in [6.45, 7) is 0. The Bertz CT molecular complexity index is 412. The third-order valence-electron chi connectivity index (χ3n) is 1.77. The Morgan fingerprint density at radius 2 is 2.31 bits per heavy atom. The Hall–Kier alpha value is -1.24. The monoisotopic (exact) mass is 295 g/mol. The quantitative estimate of drug-likeness (QED) is 0.927. The van der Waals surface area contributed by atoms with E-state index in [0.29, 0.717) is 0 Å². The molecule has 0 saturated heterocycles. The van der Waals surface area contributed by atoms with Crippen molar-refractivity contribution in [1.82, 2.24) is 4.98 Å². The van der Waals surface area contributed by atoms with Gasteiger partial charge in [-0.15, -0.1) is 0 Å². The molecule has 7 heteroatoms. The average Bonchev–Trinajstić information content (AvgIpc) is 2.20. The van der Waals surface area contributed by atoms with E-state index in [1.165, 1.54) is 7.11 Å². The minimum atomic E-state index is -2.77. The van der Waals surface area contributed by atoms with Gasteiger partial charge in [-0.1, -0.05) is 0 Å². The van der Waals surface area contributed by atoms with Gasteiger partial charge in [-0.3, -0.25) is 4.79 Å². The van der Waals surface area contributed by atoms with E-state index in [9.17, 15) is 13.6 Å². The Balaban J connectivity index is 3.24. The number of methoxy groups -OCH3 is 1. The Morgan fingerprint density at radius 3 is 2.75 bits per heavy atom. The van der Waals surface area contributed by atoms with Crippen molar-refractivity contribution in [2.24, 2.45) is 0 Å². The molecule has 0 bridgehead atoms. The van der Waals surface area contributed by atoms with Gasteiger partial charge < -0.3 is 9.84 Å². The van der Waals surface area contributed by atoms with Crippen molar-refractivity contribution in [3.8, 4) is 5.75 Å². The summed E-state index contributed by atoms with van der Waals surface area (Å²) in [6, 6.07) is 1.07. The maximum atomic E-state index is 12.5. The van der Waals surface area contributed by atoms with Gasteiger partial charge in [0.05, 0.1) is 23.7 Å². The minimum absolute atomic E-state index is 0.0159. The van der Waals surface area contributed by atoms with Gasteiger partial charge in [-0.25, -0.2) is 13.8 Å². The van der Waals surface area contributed by atoms with E-state index < -0.39 is 24.5 Å². The fraction of sp³-hybridized carbons (Fsp3) is 0.333. The van der Waals surface area contributed by atoms with Gasteiger partial charge in [0.25, 0.3) is 6.43 Å². The summed E-state index contributed by atoms with van der Waals surface area (Å²) in [6.07, 6.45) is -3.22. The van der Waals surface area contributed by atoms with Crippen molar-refractivity contribution in [3.05, 3.63) is 21.9 Å². The van der Waals surface area contributed by atoms with E-state index in [1.54, 1.807) is 0 Å². The van der Waals surface area contributed by atoms with Crippen molar-refractivity contribution in [3.63, 3.8) is 0 Å². The molecule has 0 saturated carbocycles. The highest BCUT2D eigenvalue weighted by Gasteiger charge is 2.18. The third-order valence-corrected chi connectivity index (χ3v) is 2.62. The van der Waals surface area contributed by atoms with Gasteiger partial charge in [0.1, 0.15) is 11.4 Å². The van der Waals surface area contributed by atoms with Gasteiger partial charge >= 0.3 is 5.97 Å². The second-order valence-electron chi connectivity index (χ2n) is 2.88. The molecule has 1 aromatic rings. The molecule has 0 amide bonds. The lowest BCUT2D eigenvalue weighted by molar-refractivity contribution is -0.136. The number of rotatable bonds is 4. The highest BCUT2D eigenvalue weighted by molar-refractivity contribution is 9.10. The van der Waals surface area contributed by atoms with E-state index >= 15 is 0 Å². The summed E-state index contributed by atoms with van der Waals surface area (Å²) in [5.41, 5.74) is -0.488. The van der Waals surface area contributed by atoms with Crippen molar-refractivity contribution >= 4 is 21.9 Å². The predicted octanol–water partition coefficient (Wildman–Crippen LogP) is 2.42. The number of ether oxygens (including phenoxy) is 1. The normalized spacial score (nSPS) is 10.6. The fourth-order valence-electron chi connectivity index (χ4n) is 1.10. The first kappa shape index (κ1) is 12.8. The Kier molecular flexibility index (Phi) is 4.17. The van der Waals surface area contributed by atoms with Crippen LogP contribution < -0.4 is 4.74 Å². The van der Waals surface area contributed by atoms with E-state index in [0.717, 1.165) is 6.07 Å². The molecule has 0 atom stereocenters. The number of carboxylic acids is 1. The number of aromatic nitrogens is 1. The number of carbonyl (C=O) groups is 1. The summed E-state index contributed by atoms with van der Waals surface area (Å²) in [4.78, 5) is 14.1. The van der Waals surface area contributed by atoms with Crippen LogP contribution in [0.15, 0.2) is 10.5 Å². The van der Waals surface area contributed by atoms with Gasteiger partial charge in [-0.05, 0) is 15.9 Å². The van der Waals surface area contributed by atoms with E-state index in [2.05, 4.69) is 20.9 Å². The standard InChI is InChI=1S/C9H8BrF2NO3/c1-16-6-2-5(9(11)12)13-4(8(6)10)3-7(14)15/h2,9H,3H2,1H3,(H,14,15). The summed E-state index contributed by atoms with van der Waals surface area (Å²) in [5.74, 6) is -1.01. The maximum absolute atomic E-state index is 12.5. The van der Waals surface area contributed by atoms with Crippen LogP contribution in [0.4, 0.5) is 8.78 Å². The number of alkyl halides is 2. The topological polar surface area (TPSA) is 59.4 Å². The summed E-state index contributed by atoms with van der Waals surface area (Å²) in [5, 5.41) is 8.60. The summed E-state index contributed by atoms with van der Waals surface area (Å²) >= 11 is 3.06. The van der Waals surface area contributed by atoms with Gasteiger partial charge in [0, 0.05) is 6.07 Å². The molecule has 0 aliphatic heterocycles.